The van der Waals surface area contributed by atoms with E-state index in [0.29, 0.717) is 0 Å². The summed E-state index contributed by atoms with van der Waals surface area (Å²) in [4.78, 5) is 10.0. The van der Waals surface area contributed by atoms with Gasteiger partial charge in [0.25, 0.3) is 0 Å². The molecule has 3 nitrogen and oxygen atoms in total. The predicted molar refractivity (Wildman–Crippen MR) is 25.8 cm³/mol. The number of methoxy groups -OCH3 is 1. The van der Waals surface area contributed by atoms with Gasteiger partial charge in [0.05, 0.1) is 5.95 Å². The molecule has 5 heteroatoms. The SMILES string of the molecule is CO/C([O-])=C(\F)C(C)=O.[K+]. The molecule has 52 valence electrons. The van der Waals surface area contributed by atoms with Crippen molar-refractivity contribution in [3.05, 3.63) is 11.8 Å². The van der Waals surface area contributed by atoms with E-state index in [0.717, 1.165) is 14.0 Å². The summed E-state index contributed by atoms with van der Waals surface area (Å²) < 4.78 is 15.9. The van der Waals surface area contributed by atoms with Gasteiger partial charge in [-0.05, 0) is 7.11 Å². The molecule has 0 aliphatic rings. The largest absolute Gasteiger partial charge is 1.00 e. The van der Waals surface area contributed by atoms with Crippen LogP contribution in [0.3, 0.4) is 0 Å². The topological polar surface area (TPSA) is 49.4 Å². The van der Waals surface area contributed by atoms with Crippen molar-refractivity contribution in [2.24, 2.45) is 0 Å². The summed E-state index contributed by atoms with van der Waals surface area (Å²) in [5, 5.41) is 10.1. The van der Waals surface area contributed by atoms with Crippen LogP contribution in [-0.4, -0.2) is 12.9 Å². The van der Waals surface area contributed by atoms with E-state index in [1.54, 1.807) is 0 Å². The van der Waals surface area contributed by atoms with E-state index in [4.69, 9.17) is 0 Å². The van der Waals surface area contributed by atoms with Crippen LogP contribution in [0, 0.1) is 0 Å². The van der Waals surface area contributed by atoms with Gasteiger partial charge in [0.2, 0.25) is 0 Å². The van der Waals surface area contributed by atoms with E-state index >= 15 is 0 Å². The van der Waals surface area contributed by atoms with E-state index in [-0.39, 0.29) is 51.4 Å². The minimum Gasteiger partial charge on any atom is -0.615 e. The molecule has 0 aromatic carbocycles. The van der Waals surface area contributed by atoms with Crippen LogP contribution in [0.4, 0.5) is 4.39 Å². The van der Waals surface area contributed by atoms with Gasteiger partial charge in [-0.2, -0.15) is 0 Å². The summed E-state index contributed by atoms with van der Waals surface area (Å²) in [6.07, 6.45) is 0. The molecule has 0 N–H and O–H groups in total. The molecule has 0 aliphatic heterocycles. The van der Waals surface area contributed by atoms with Crippen molar-refractivity contribution in [3.8, 4) is 0 Å². The van der Waals surface area contributed by atoms with Crippen molar-refractivity contribution in [2.75, 3.05) is 7.11 Å². The molecule has 0 unspecified atom stereocenters. The number of carbonyl (C=O) groups is 1. The van der Waals surface area contributed by atoms with E-state index < -0.39 is 17.6 Å². The molecule has 0 amide bonds. The first-order valence-corrected chi connectivity index (χ1v) is 2.21. The zero-order chi connectivity index (χ0) is 7.44. The quantitative estimate of drug-likeness (QED) is 0.249. The fourth-order valence-corrected chi connectivity index (χ4v) is 0.233. The fraction of sp³-hybridized carbons (Fsp3) is 0.400. The molecular formula is C5H6FKO3. The number of ketones is 1. The third kappa shape index (κ3) is 4.40. The first-order chi connectivity index (χ1) is 4.09. The molecule has 0 saturated heterocycles. The van der Waals surface area contributed by atoms with E-state index in [1.165, 1.54) is 0 Å². The maximum absolute atomic E-state index is 12.0. The van der Waals surface area contributed by atoms with Crippen molar-refractivity contribution in [1.82, 2.24) is 0 Å². The van der Waals surface area contributed by atoms with Crippen molar-refractivity contribution in [3.63, 3.8) is 0 Å². The van der Waals surface area contributed by atoms with Crippen molar-refractivity contribution in [2.45, 2.75) is 6.92 Å². The second-order valence-electron chi connectivity index (χ2n) is 1.36. The number of hydrogen-bond acceptors (Lipinski definition) is 3. The van der Waals surface area contributed by atoms with Crippen LogP contribution in [0.25, 0.3) is 0 Å². The van der Waals surface area contributed by atoms with Gasteiger partial charge >= 0.3 is 51.4 Å². The molecule has 0 fully saturated rings. The molecule has 0 saturated carbocycles. The number of rotatable bonds is 2. The average molecular weight is 172 g/mol. The summed E-state index contributed by atoms with van der Waals surface area (Å²) in [6.45, 7) is 0.951. The minimum absolute atomic E-state index is 0. The monoisotopic (exact) mass is 172 g/mol. The van der Waals surface area contributed by atoms with Crippen LogP contribution >= 0.6 is 0 Å². The van der Waals surface area contributed by atoms with Crippen LogP contribution in [0.1, 0.15) is 6.92 Å². The number of hydrogen-bond donors (Lipinski definition) is 0. The second kappa shape index (κ2) is 6.30. The number of ether oxygens (including phenoxy) is 1. The Kier molecular flexibility index (Phi) is 8.30. The van der Waals surface area contributed by atoms with Gasteiger partial charge < -0.3 is 9.84 Å². The number of allylic oxidation sites excluding steroid dienone is 1. The van der Waals surface area contributed by atoms with Crippen LogP contribution in [0.2, 0.25) is 0 Å². The van der Waals surface area contributed by atoms with E-state index in [1.807, 2.05) is 0 Å². The van der Waals surface area contributed by atoms with Crippen LogP contribution < -0.4 is 56.5 Å². The Morgan fingerprint density at radius 2 is 2.00 bits per heavy atom. The van der Waals surface area contributed by atoms with Crippen molar-refractivity contribution >= 4 is 5.78 Å². The molecule has 0 spiro atoms. The molecule has 0 aromatic heterocycles. The zero-order valence-corrected chi connectivity index (χ0v) is 9.23. The molecule has 0 atom stereocenters. The molecule has 0 bridgehead atoms. The van der Waals surface area contributed by atoms with Crippen LogP contribution in [0.5, 0.6) is 0 Å². The Balaban J connectivity index is 0. The van der Waals surface area contributed by atoms with Crippen LogP contribution in [-0.2, 0) is 9.53 Å². The Hall–Kier alpha value is 0.576. The number of carbonyl (C=O) groups excluding carboxylic acids is 1. The van der Waals surface area contributed by atoms with E-state index in [9.17, 15) is 14.3 Å². The Morgan fingerprint density at radius 3 is 2.10 bits per heavy atom. The molecular weight excluding hydrogens is 166 g/mol. The Labute approximate surface area is 101 Å². The molecule has 0 aromatic rings. The second-order valence-corrected chi connectivity index (χ2v) is 1.36. The smallest absolute Gasteiger partial charge is 0.615 e. The molecule has 0 rings (SSSR count). The third-order valence-corrected chi connectivity index (χ3v) is 0.674. The predicted octanol–water partition coefficient (Wildman–Crippen LogP) is -3.28. The van der Waals surface area contributed by atoms with Crippen LogP contribution in [0.15, 0.2) is 11.8 Å². The van der Waals surface area contributed by atoms with Gasteiger partial charge in [0.1, 0.15) is 0 Å². The Bertz CT molecular complexity index is 155. The zero-order valence-electron chi connectivity index (χ0n) is 6.10. The van der Waals surface area contributed by atoms with Gasteiger partial charge in [-0.15, -0.1) is 0 Å². The maximum Gasteiger partial charge on any atom is 1.00 e. The normalized spacial score (nSPS) is 11.1. The van der Waals surface area contributed by atoms with Gasteiger partial charge in [0.15, 0.2) is 11.6 Å². The first-order valence-electron chi connectivity index (χ1n) is 2.21. The first kappa shape index (κ1) is 13.2. The van der Waals surface area contributed by atoms with Gasteiger partial charge in [0, 0.05) is 6.92 Å². The van der Waals surface area contributed by atoms with E-state index in [2.05, 4.69) is 4.74 Å². The third-order valence-electron chi connectivity index (χ3n) is 0.674. The standard InChI is InChI=1S/C5H7FO3.K/c1-3(7)4(6)5(8)9-2;/h8H,1-2H3;/q;+1/p-1/b5-4-;. The Morgan fingerprint density at radius 1 is 1.60 bits per heavy atom. The summed E-state index contributed by atoms with van der Waals surface area (Å²) >= 11 is 0. The fourth-order valence-electron chi connectivity index (χ4n) is 0.233. The summed E-state index contributed by atoms with van der Waals surface area (Å²) in [7, 11) is 1.00. The molecule has 0 heterocycles. The number of halogens is 1. The van der Waals surface area contributed by atoms with Gasteiger partial charge in [-0.3, -0.25) is 4.79 Å². The molecule has 0 aliphatic carbocycles. The van der Waals surface area contributed by atoms with Crippen molar-refractivity contribution < 1.29 is 70.4 Å². The average Bonchev–Trinajstić information content (AvgIpc) is 1.84. The summed E-state index contributed by atoms with van der Waals surface area (Å²) in [5.41, 5.74) is 0. The van der Waals surface area contributed by atoms with Gasteiger partial charge in [-0.25, -0.2) is 4.39 Å². The van der Waals surface area contributed by atoms with Gasteiger partial charge in [-0.1, -0.05) is 0 Å². The number of Topliss-reactive ketones (excluding diaryl/α,β-unsaturated/α-hetero) is 1. The minimum atomic E-state index is -1.36. The summed E-state index contributed by atoms with van der Waals surface area (Å²) in [6, 6.07) is 0. The molecule has 0 radical (unpaired) electrons. The summed E-state index contributed by atoms with van der Waals surface area (Å²) in [5.74, 6) is -3.50. The maximum atomic E-state index is 12.0. The molecule has 10 heavy (non-hydrogen) atoms. The van der Waals surface area contributed by atoms with Crippen molar-refractivity contribution in [1.29, 1.82) is 0 Å².